The molecule has 2 N–H and O–H groups in total. The number of nitriles is 1. The third-order valence-corrected chi connectivity index (χ3v) is 3.32. The molecule has 3 rings (SSSR count). The summed E-state index contributed by atoms with van der Waals surface area (Å²) in [7, 11) is 0. The molecule has 18 heavy (non-hydrogen) atoms. The first-order valence-electron chi connectivity index (χ1n) is 5.84. The minimum absolute atomic E-state index is 0.0576. The van der Waals surface area contributed by atoms with E-state index in [2.05, 4.69) is 12.2 Å². The van der Waals surface area contributed by atoms with Gasteiger partial charge in [0, 0.05) is 12.6 Å². The van der Waals surface area contributed by atoms with Crippen molar-refractivity contribution in [2.45, 2.75) is 25.0 Å². The van der Waals surface area contributed by atoms with Crippen LogP contribution in [0.3, 0.4) is 0 Å². The molecule has 1 aromatic rings. The van der Waals surface area contributed by atoms with E-state index in [9.17, 15) is 4.39 Å². The Morgan fingerprint density at radius 3 is 2.72 bits per heavy atom. The van der Waals surface area contributed by atoms with Gasteiger partial charge in [0.15, 0.2) is 0 Å². The van der Waals surface area contributed by atoms with Crippen molar-refractivity contribution < 1.29 is 14.2 Å². The zero-order valence-corrected chi connectivity index (χ0v) is 10.1. The highest BCUT2D eigenvalue weighted by Crippen LogP contribution is 2.40. The molecule has 0 radical (unpaired) electrons. The molecule has 2 heterocycles. The number of phenolic OH excluding ortho intramolecular Hbond substituents is 1. The Morgan fingerprint density at radius 1 is 1.61 bits per heavy atom. The van der Waals surface area contributed by atoms with Gasteiger partial charge in [-0.25, -0.2) is 4.39 Å². The Bertz CT molecular complexity index is 478. The average molecular weight is 250 g/mol. The van der Waals surface area contributed by atoms with Gasteiger partial charge in [-0.05, 0) is 32.0 Å². The van der Waals surface area contributed by atoms with Crippen molar-refractivity contribution in [3.8, 4) is 11.8 Å². The first-order chi connectivity index (χ1) is 8.57. The van der Waals surface area contributed by atoms with Crippen molar-refractivity contribution in [3.63, 3.8) is 0 Å². The van der Waals surface area contributed by atoms with E-state index in [1.807, 2.05) is 0 Å². The topological polar surface area (TPSA) is 68.6 Å². The summed E-state index contributed by atoms with van der Waals surface area (Å²) < 4.78 is 17.9. The summed E-state index contributed by atoms with van der Waals surface area (Å²) >= 11 is 0. The molecule has 2 fully saturated rings. The van der Waals surface area contributed by atoms with Gasteiger partial charge in [-0.1, -0.05) is 0 Å². The SMILES string of the molecule is CC1OC12CCNC2.N#Cc1ccc(O)cc1F. The van der Waals surface area contributed by atoms with E-state index < -0.39 is 5.82 Å². The molecule has 0 amide bonds. The number of ether oxygens (including phenoxy) is 1. The molecule has 2 saturated heterocycles. The predicted octanol–water partition coefficient (Wildman–Crippen LogP) is 1.54. The maximum absolute atomic E-state index is 12.5. The lowest BCUT2D eigenvalue weighted by molar-refractivity contribution is 0.311. The molecule has 2 aliphatic rings. The van der Waals surface area contributed by atoms with E-state index in [1.165, 1.54) is 18.6 Å². The summed E-state index contributed by atoms with van der Waals surface area (Å²) in [4.78, 5) is 0. The molecule has 0 aromatic heterocycles. The number of nitrogens with zero attached hydrogens (tertiary/aromatic N) is 1. The van der Waals surface area contributed by atoms with Gasteiger partial charge in [-0.15, -0.1) is 0 Å². The van der Waals surface area contributed by atoms with Gasteiger partial charge < -0.3 is 15.2 Å². The van der Waals surface area contributed by atoms with Crippen LogP contribution in [0.2, 0.25) is 0 Å². The zero-order chi connectivity index (χ0) is 13.2. The van der Waals surface area contributed by atoms with Crippen molar-refractivity contribution in [2.24, 2.45) is 0 Å². The molecule has 0 bridgehead atoms. The van der Waals surface area contributed by atoms with Crippen molar-refractivity contribution >= 4 is 0 Å². The predicted molar refractivity (Wildman–Crippen MR) is 63.5 cm³/mol. The minimum atomic E-state index is -0.692. The van der Waals surface area contributed by atoms with E-state index in [-0.39, 0.29) is 11.3 Å². The van der Waals surface area contributed by atoms with Gasteiger partial charge in [0.05, 0.1) is 11.7 Å². The molecule has 2 aliphatic heterocycles. The largest absolute Gasteiger partial charge is 0.508 e. The number of epoxide rings is 1. The van der Waals surface area contributed by atoms with E-state index >= 15 is 0 Å². The van der Waals surface area contributed by atoms with Crippen LogP contribution in [0.15, 0.2) is 18.2 Å². The van der Waals surface area contributed by atoms with Crippen LogP contribution in [0.1, 0.15) is 18.9 Å². The number of hydrogen-bond acceptors (Lipinski definition) is 4. The highest BCUT2D eigenvalue weighted by atomic mass is 19.1. The van der Waals surface area contributed by atoms with Crippen LogP contribution in [-0.2, 0) is 4.74 Å². The maximum Gasteiger partial charge on any atom is 0.144 e. The van der Waals surface area contributed by atoms with Crippen LogP contribution >= 0.6 is 0 Å². The van der Waals surface area contributed by atoms with Gasteiger partial charge in [0.25, 0.3) is 0 Å². The van der Waals surface area contributed by atoms with Crippen LogP contribution in [0.25, 0.3) is 0 Å². The molecule has 1 spiro atoms. The second-order valence-electron chi connectivity index (χ2n) is 4.53. The Kier molecular flexibility index (Phi) is 3.50. The lowest BCUT2D eigenvalue weighted by Crippen LogP contribution is -2.17. The molecule has 1 aromatic carbocycles. The zero-order valence-electron chi connectivity index (χ0n) is 10.1. The van der Waals surface area contributed by atoms with Crippen LogP contribution < -0.4 is 5.32 Å². The summed E-state index contributed by atoms with van der Waals surface area (Å²) in [5, 5.41) is 20.2. The van der Waals surface area contributed by atoms with E-state index in [1.54, 1.807) is 6.07 Å². The second-order valence-corrected chi connectivity index (χ2v) is 4.53. The number of hydrogen-bond donors (Lipinski definition) is 2. The molecular formula is C13H15FN2O2. The minimum Gasteiger partial charge on any atom is -0.508 e. The molecule has 2 unspecified atom stereocenters. The molecule has 5 heteroatoms. The van der Waals surface area contributed by atoms with Gasteiger partial charge in [0.1, 0.15) is 23.2 Å². The summed E-state index contributed by atoms with van der Waals surface area (Å²) in [5.74, 6) is -0.862. The molecular weight excluding hydrogens is 235 g/mol. The number of rotatable bonds is 0. The molecule has 0 aliphatic carbocycles. The summed E-state index contributed by atoms with van der Waals surface area (Å²) in [6, 6.07) is 5.03. The number of phenols is 1. The lowest BCUT2D eigenvalue weighted by atomic mass is 10.1. The lowest BCUT2D eigenvalue weighted by Gasteiger charge is -1.94. The number of aromatic hydroxyl groups is 1. The third kappa shape index (κ3) is 2.61. The number of nitrogens with one attached hydrogen (secondary N) is 1. The fourth-order valence-corrected chi connectivity index (χ4v) is 2.05. The van der Waals surface area contributed by atoms with Crippen molar-refractivity contribution in [3.05, 3.63) is 29.6 Å². The first-order valence-corrected chi connectivity index (χ1v) is 5.84. The van der Waals surface area contributed by atoms with E-state index in [4.69, 9.17) is 15.1 Å². The highest BCUT2D eigenvalue weighted by Gasteiger charge is 2.54. The van der Waals surface area contributed by atoms with Gasteiger partial charge >= 0.3 is 0 Å². The molecule has 2 atom stereocenters. The Labute approximate surface area is 105 Å². The quantitative estimate of drug-likeness (QED) is 0.685. The van der Waals surface area contributed by atoms with Crippen LogP contribution in [-0.4, -0.2) is 29.9 Å². The van der Waals surface area contributed by atoms with Crippen molar-refractivity contribution in [1.29, 1.82) is 5.26 Å². The molecule has 96 valence electrons. The molecule has 0 saturated carbocycles. The Hall–Kier alpha value is -1.64. The number of benzene rings is 1. The monoisotopic (exact) mass is 250 g/mol. The summed E-state index contributed by atoms with van der Waals surface area (Å²) in [5.41, 5.74) is 0.234. The first kappa shape index (κ1) is 12.8. The fraction of sp³-hybridized carbons (Fsp3) is 0.462. The van der Waals surface area contributed by atoms with Gasteiger partial charge in [-0.2, -0.15) is 5.26 Å². The summed E-state index contributed by atoms with van der Waals surface area (Å²) in [6.07, 6.45) is 1.74. The van der Waals surface area contributed by atoms with Gasteiger partial charge in [0.2, 0.25) is 0 Å². The van der Waals surface area contributed by atoms with Gasteiger partial charge in [-0.3, -0.25) is 0 Å². The number of halogens is 1. The molecule has 4 nitrogen and oxygen atoms in total. The third-order valence-electron chi connectivity index (χ3n) is 3.32. The Morgan fingerprint density at radius 2 is 2.33 bits per heavy atom. The van der Waals surface area contributed by atoms with Crippen molar-refractivity contribution in [2.75, 3.05) is 13.1 Å². The highest BCUT2D eigenvalue weighted by molar-refractivity contribution is 5.35. The normalized spacial score (nSPS) is 28.4. The van der Waals surface area contributed by atoms with Crippen LogP contribution in [0, 0.1) is 17.1 Å². The second kappa shape index (κ2) is 4.92. The van der Waals surface area contributed by atoms with Crippen molar-refractivity contribution in [1.82, 2.24) is 5.32 Å². The van der Waals surface area contributed by atoms with Crippen LogP contribution in [0.5, 0.6) is 5.75 Å². The fourth-order valence-electron chi connectivity index (χ4n) is 2.05. The van der Waals surface area contributed by atoms with Crippen LogP contribution in [0.4, 0.5) is 4.39 Å². The summed E-state index contributed by atoms with van der Waals surface area (Å²) in [6.45, 7) is 4.37. The average Bonchev–Trinajstić information content (AvgIpc) is 2.76. The smallest absolute Gasteiger partial charge is 0.144 e. The van der Waals surface area contributed by atoms with E-state index in [0.29, 0.717) is 11.7 Å². The Balaban J connectivity index is 0.000000136. The standard InChI is InChI=1S/C7H4FNO.C6H11NO/c8-7-3-6(10)2-1-5(7)4-9;1-5-6(8-5)2-3-7-4-6/h1-3,10H;5,7H,2-4H2,1H3. The maximum atomic E-state index is 12.5. The van der Waals surface area contributed by atoms with E-state index in [0.717, 1.165) is 19.2 Å².